The number of benzene rings is 1. The zero-order valence-electron chi connectivity index (χ0n) is 13.2. The van der Waals surface area contributed by atoms with Crippen LogP contribution in [-0.4, -0.2) is 31.7 Å². The number of rotatable bonds is 6. The molecule has 0 aliphatic heterocycles. The molecule has 2 unspecified atom stereocenters. The number of halogens is 3. The van der Waals surface area contributed by atoms with E-state index in [1.165, 1.54) is 18.2 Å². The Bertz CT molecular complexity index is 646. The van der Waals surface area contributed by atoms with E-state index in [1.807, 2.05) is 0 Å². The van der Waals surface area contributed by atoms with Gasteiger partial charge in [0.25, 0.3) is 9.84 Å². The van der Waals surface area contributed by atoms with Crippen molar-refractivity contribution in [1.29, 1.82) is 0 Å². The maximum Gasteiger partial charge on any atom is 0.501 e. The lowest BCUT2D eigenvalue weighted by Gasteiger charge is -2.27. The molecule has 0 aromatic heterocycles. The third-order valence-electron chi connectivity index (χ3n) is 4.42. The van der Waals surface area contributed by atoms with Crippen LogP contribution in [0.15, 0.2) is 29.2 Å². The lowest BCUT2D eigenvalue weighted by atomic mass is 9.83. The highest BCUT2D eigenvalue weighted by atomic mass is 32.2. The number of para-hydroxylation sites is 1. The van der Waals surface area contributed by atoms with Gasteiger partial charge in [-0.2, -0.15) is 13.2 Å². The second-order valence-electron chi connectivity index (χ2n) is 6.13. The van der Waals surface area contributed by atoms with Crippen LogP contribution in [0.3, 0.4) is 0 Å². The highest BCUT2D eigenvalue weighted by molar-refractivity contribution is 7.92. The van der Waals surface area contributed by atoms with E-state index >= 15 is 0 Å². The Balaban J connectivity index is 1.96. The van der Waals surface area contributed by atoms with Crippen LogP contribution in [0.4, 0.5) is 18.9 Å². The fourth-order valence-electron chi connectivity index (χ4n) is 3.08. The van der Waals surface area contributed by atoms with Crippen molar-refractivity contribution in [3.05, 3.63) is 24.3 Å². The van der Waals surface area contributed by atoms with E-state index < -0.39 is 20.2 Å². The predicted octanol–water partition coefficient (Wildman–Crippen LogP) is 3.72. The van der Waals surface area contributed by atoms with E-state index in [0.29, 0.717) is 13.0 Å². The topological polar surface area (TPSA) is 66.4 Å². The van der Waals surface area contributed by atoms with Crippen LogP contribution in [0.5, 0.6) is 0 Å². The first-order chi connectivity index (χ1) is 11.2. The first kappa shape index (κ1) is 19.1. The van der Waals surface area contributed by atoms with Crippen LogP contribution in [0.25, 0.3) is 0 Å². The van der Waals surface area contributed by atoms with Crippen LogP contribution in [0, 0.1) is 5.92 Å². The minimum absolute atomic E-state index is 0.0426. The fraction of sp³-hybridized carbons (Fsp3) is 0.625. The first-order valence-corrected chi connectivity index (χ1v) is 9.54. The third-order valence-corrected chi connectivity index (χ3v) is 5.96. The fourth-order valence-corrected chi connectivity index (χ4v) is 4.02. The Morgan fingerprint density at radius 1 is 1.17 bits per heavy atom. The molecule has 24 heavy (non-hydrogen) atoms. The molecule has 136 valence electrons. The van der Waals surface area contributed by atoms with Gasteiger partial charge in [-0.25, -0.2) is 8.42 Å². The highest BCUT2D eigenvalue weighted by Crippen LogP contribution is 2.34. The summed E-state index contributed by atoms with van der Waals surface area (Å²) >= 11 is 0. The van der Waals surface area contributed by atoms with E-state index in [4.69, 9.17) is 0 Å². The molecule has 1 aromatic carbocycles. The summed E-state index contributed by atoms with van der Waals surface area (Å²) in [4.78, 5) is -0.754. The summed E-state index contributed by atoms with van der Waals surface area (Å²) in [6.45, 7) is 0.355. The monoisotopic (exact) mass is 365 g/mol. The summed E-state index contributed by atoms with van der Waals surface area (Å²) in [5.41, 5.74) is -5.37. The van der Waals surface area contributed by atoms with Gasteiger partial charge in [0.2, 0.25) is 0 Å². The number of aliphatic hydroxyl groups is 1. The molecule has 2 atom stereocenters. The number of anilines is 1. The molecule has 2 rings (SSSR count). The Hall–Kier alpha value is -1.28. The van der Waals surface area contributed by atoms with Gasteiger partial charge in [0.1, 0.15) is 0 Å². The molecule has 8 heteroatoms. The van der Waals surface area contributed by atoms with Gasteiger partial charge in [-0.3, -0.25) is 0 Å². The summed E-state index contributed by atoms with van der Waals surface area (Å²) in [5.74, 6) is 0.217. The normalized spacial score (nSPS) is 22.3. The number of sulfone groups is 1. The number of hydrogen-bond donors (Lipinski definition) is 2. The molecule has 0 amide bonds. The van der Waals surface area contributed by atoms with E-state index in [9.17, 15) is 26.7 Å². The third kappa shape index (κ3) is 4.42. The van der Waals surface area contributed by atoms with Gasteiger partial charge in [0.15, 0.2) is 0 Å². The van der Waals surface area contributed by atoms with Crippen LogP contribution >= 0.6 is 0 Å². The minimum atomic E-state index is -5.38. The lowest BCUT2D eigenvalue weighted by Crippen LogP contribution is -2.25. The highest BCUT2D eigenvalue weighted by Gasteiger charge is 2.47. The predicted molar refractivity (Wildman–Crippen MR) is 85.4 cm³/mol. The number of hydrogen-bond acceptors (Lipinski definition) is 4. The average Bonchev–Trinajstić information content (AvgIpc) is 2.52. The summed E-state index contributed by atoms with van der Waals surface area (Å²) < 4.78 is 61.4. The molecule has 4 nitrogen and oxygen atoms in total. The minimum Gasteiger partial charge on any atom is -0.393 e. The standard InChI is InChI=1S/C16H22F3NO3S/c17-16(18,19)24(22,23)15-10-4-2-8-13(15)20-11-5-7-12-6-1-3-9-14(12)21/h2,4,8,10,12,14,20-21H,1,3,5-7,9,11H2. The van der Waals surface area contributed by atoms with E-state index in [0.717, 1.165) is 38.2 Å². The SMILES string of the molecule is O=S(=O)(c1ccccc1NCCCC1CCCCC1O)C(F)(F)F. The van der Waals surface area contributed by atoms with Gasteiger partial charge >= 0.3 is 5.51 Å². The van der Waals surface area contributed by atoms with Crippen LogP contribution in [0.1, 0.15) is 38.5 Å². The molecule has 2 N–H and O–H groups in total. The van der Waals surface area contributed by atoms with Crippen molar-refractivity contribution in [2.24, 2.45) is 5.92 Å². The Morgan fingerprint density at radius 2 is 1.83 bits per heavy atom. The van der Waals surface area contributed by atoms with Crippen LogP contribution in [0.2, 0.25) is 0 Å². The molecule has 1 fully saturated rings. The maximum absolute atomic E-state index is 12.7. The van der Waals surface area contributed by atoms with Gasteiger partial charge < -0.3 is 10.4 Å². The Labute approximate surface area is 140 Å². The largest absolute Gasteiger partial charge is 0.501 e. The molecule has 1 aliphatic rings. The smallest absolute Gasteiger partial charge is 0.393 e. The van der Waals surface area contributed by atoms with Crippen molar-refractivity contribution in [2.45, 2.75) is 55.0 Å². The van der Waals surface area contributed by atoms with Crippen LogP contribution in [-0.2, 0) is 9.84 Å². The van der Waals surface area contributed by atoms with Crippen molar-refractivity contribution >= 4 is 15.5 Å². The van der Waals surface area contributed by atoms with Crippen molar-refractivity contribution in [3.63, 3.8) is 0 Å². The summed E-state index contributed by atoms with van der Waals surface area (Å²) in [6, 6.07) is 5.04. The van der Waals surface area contributed by atoms with Crippen molar-refractivity contribution in [2.75, 3.05) is 11.9 Å². The second kappa shape index (κ2) is 7.74. The Kier molecular flexibility index (Phi) is 6.14. The molecule has 0 spiro atoms. The second-order valence-corrected chi connectivity index (χ2v) is 8.04. The zero-order chi connectivity index (χ0) is 17.8. The molecule has 0 radical (unpaired) electrons. The van der Waals surface area contributed by atoms with Crippen molar-refractivity contribution < 1.29 is 26.7 Å². The Morgan fingerprint density at radius 3 is 2.50 bits per heavy atom. The van der Waals surface area contributed by atoms with Crippen molar-refractivity contribution in [3.8, 4) is 0 Å². The van der Waals surface area contributed by atoms with E-state index in [-0.39, 0.29) is 17.7 Å². The average molecular weight is 365 g/mol. The summed E-state index contributed by atoms with van der Waals surface area (Å²) in [7, 11) is -5.38. The number of alkyl halides is 3. The molecular weight excluding hydrogens is 343 g/mol. The van der Waals surface area contributed by atoms with Gasteiger partial charge in [-0.05, 0) is 43.7 Å². The molecule has 0 saturated heterocycles. The maximum atomic E-state index is 12.7. The quantitative estimate of drug-likeness (QED) is 0.754. The van der Waals surface area contributed by atoms with Gasteiger partial charge in [-0.1, -0.05) is 25.0 Å². The van der Waals surface area contributed by atoms with E-state index in [1.54, 1.807) is 0 Å². The van der Waals surface area contributed by atoms with Gasteiger partial charge in [0.05, 0.1) is 16.7 Å². The molecule has 1 aliphatic carbocycles. The van der Waals surface area contributed by atoms with Crippen LogP contribution < -0.4 is 5.32 Å². The van der Waals surface area contributed by atoms with E-state index in [2.05, 4.69) is 5.32 Å². The molecule has 0 bridgehead atoms. The van der Waals surface area contributed by atoms with Gasteiger partial charge in [0, 0.05) is 6.54 Å². The van der Waals surface area contributed by atoms with Crippen molar-refractivity contribution in [1.82, 2.24) is 0 Å². The zero-order valence-corrected chi connectivity index (χ0v) is 14.0. The molecule has 1 aromatic rings. The number of aliphatic hydroxyl groups excluding tert-OH is 1. The summed E-state index contributed by atoms with van der Waals surface area (Å²) in [5, 5.41) is 12.7. The molecule has 1 saturated carbocycles. The number of nitrogens with one attached hydrogen (secondary N) is 1. The molecule has 0 heterocycles. The lowest BCUT2D eigenvalue weighted by molar-refractivity contribution is -0.0435. The first-order valence-electron chi connectivity index (χ1n) is 8.06. The summed E-state index contributed by atoms with van der Waals surface area (Å²) in [6.07, 6.45) is 4.98. The van der Waals surface area contributed by atoms with Gasteiger partial charge in [-0.15, -0.1) is 0 Å². The molecular formula is C16H22F3NO3S.